The summed E-state index contributed by atoms with van der Waals surface area (Å²) in [5.74, 6) is -4.38. The Bertz CT molecular complexity index is 1180. The molecule has 0 radical (unpaired) electrons. The van der Waals surface area contributed by atoms with Gasteiger partial charge in [0.1, 0.15) is 5.75 Å². The maximum Gasteiger partial charge on any atom is 0.345 e. The molecule has 0 spiro atoms. The van der Waals surface area contributed by atoms with Crippen molar-refractivity contribution in [2.75, 3.05) is 0 Å². The number of rotatable bonds is 7. The molecule has 3 N–H and O–H groups in total. The van der Waals surface area contributed by atoms with E-state index in [1.165, 1.54) is 0 Å². The van der Waals surface area contributed by atoms with Gasteiger partial charge in [-0.3, -0.25) is 0 Å². The highest BCUT2D eigenvalue weighted by molar-refractivity contribution is 5.73. The van der Waals surface area contributed by atoms with E-state index in [-0.39, 0.29) is 5.75 Å². The van der Waals surface area contributed by atoms with Gasteiger partial charge < -0.3 is 20.3 Å². The molecule has 1 aromatic heterocycles. The van der Waals surface area contributed by atoms with Crippen LogP contribution in [0.4, 0.5) is 8.78 Å². The molecule has 33 heavy (non-hydrogen) atoms. The first-order chi connectivity index (χ1) is 15.5. The summed E-state index contributed by atoms with van der Waals surface area (Å²) in [6.07, 6.45) is -1.40. The van der Waals surface area contributed by atoms with Gasteiger partial charge in [-0.05, 0) is 47.4 Å². The molecular formula is C25H26F2N2O4. The summed E-state index contributed by atoms with van der Waals surface area (Å²) in [6.45, 7) is 7.12. The average molecular weight is 456 g/mol. The standard InChI is InChI=1S/C25H26F2N2O4/c1-14-8-17(16-7-5-6-15(10-16)13-28)11-18(9-14)32-22-19(26)12-20(27)23(29-22)33-21(24(30)31)25(2,3)4/h5-12,21H,13,28H2,1-4H3,(H,30,31). The average Bonchev–Trinajstić information content (AvgIpc) is 2.73. The van der Waals surface area contributed by atoms with Crippen LogP contribution in [-0.2, 0) is 11.3 Å². The Morgan fingerprint density at radius 1 is 1.06 bits per heavy atom. The third-order valence-electron chi connectivity index (χ3n) is 4.87. The number of aliphatic carboxylic acids is 1. The Morgan fingerprint density at radius 2 is 1.76 bits per heavy atom. The number of nitrogens with two attached hydrogens (primary N) is 1. The van der Waals surface area contributed by atoms with Crippen LogP contribution in [0, 0.1) is 24.0 Å². The molecule has 0 saturated heterocycles. The quantitative estimate of drug-likeness (QED) is 0.490. The molecule has 6 nitrogen and oxygen atoms in total. The van der Waals surface area contributed by atoms with Gasteiger partial charge in [-0.15, -0.1) is 0 Å². The van der Waals surface area contributed by atoms with Crippen molar-refractivity contribution in [3.05, 3.63) is 71.3 Å². The number of aryl methyl sites for hydroxylation is 1. The Morgan fingerprint density at radius 3 is 2.39 bits per heavy atom. The second-order valence-corrected chi connectivity index (χ2v) is 8.81. The van der Waals surface area contributed by atoms with E-state index in [0.717, 1.165) is 22.3 Å². The van der Waals surface area contributed by atoms with Crippen LogP contribution < -0.4 is 15.2 Å². The number of carboxylic acids is 1. The lowest BCUT2D eigenvalue weighted by molar-refractivity contribution is -0.150. The van der Waals surface area contributed by atoms with Crippen LogP contribution in [0.5, 0.6) is 17.5 Å². The molecule has 3 aromatic rings. The maximum absolute atomic E-state index is 14.5. The summed E-state index contributed by atoms with van der Waals surface area (Å²) >= 11 is 0. The van der Waals surface area contributed by atoms with Gasteiger partial charge in [0.05, 0.1) is 0 Å². The van der Waals surface area contributed by atoms with Gasteiger partial charge in [0, 0.05) is 18.0 Å². The fourth-order valence-electron chi connectivity index (χ4n) is 3.26. The number of aromatic nitrogens is 1. The minimum absolute atomic E-state index is 0.276. The minimum atomic E-state index is -1.40. The molecule has 0 aliphatic heterocycles. The highest BCUT2D eigenvalue weighted by Gasteiger charge is 2.35. The van der Waals surface area contributed by atoms with E-state index in [1.807, 2.05) is 37.3 Å². The molecule has 0 aliphatic carbocycles. The van der Waals surface area contributed by atoms with E-state index in [9.17, 15) is 18.7 Å². The number of hydrogen-bond acceptors (Lipinski definition) is 5. The molecule has 8 heteroatoms. The van der Waals surface area contributed by atoms with E-state index in [2.05, 4.69) is 4.98 Å². The van der Waals surface area contributed by atoms with Crippen molar-refractivity contribution in [1.82, 2.24) is 4.98 Å². The molecule has 1 heterocycles. The molecular weight excluding hydrogens is 430 g/mol. The molecule has 0 aliphatic rings. The first-order valence-electron chi connectivity index (χ1n) is 10.3. The Balaban J connectivity index is 1.96. The SMILES string of the molecule is Cc1cc(Oc2nc(OC(C(=O)O)C(C)(C)C)c(F)cc2F)cc(-c2cccc(CN)c2)c1. The monoisotopic (exact) mass is 456 g/mol. The van der Waals surface area contributed by atoms with Crippen LogP contribution in [0.2, 0.25) is 0 Å². The van der Waals surface area contributed by atoms with Crippen molar-refractivity contribution in [1.29, 1.82) is 0 Å². The predicted molar refractivity (Wildman–Crippen MR) is 120 cm³/mol. The smallest absolute Gasteiger partial charge is 0.345 e. The number of nitrogens with zero attached hydrogens (tertiary/aromatic N) is 1. The number of hydrogen-bond donors (Lipinski definition) is 2. The molecule has 1 unspecified atom stereocenters. The highest BCUT2D eigenvalue weighted by atomic mass is 19.1. The second-order valence-electron chi connectivity index (χ2n) is 8.81. The van der Waals surface area contributed by atoms with Crippen molar-refractivity contribution in [3.8, 4) is 28.6 Å². The third-order valence-corrected chi connectivity index (χ3v) is 4.87. The molecule has 0 saturated carbocycles. The highest BCUT2D eigenvalue weighted by Crippen LogP contribution is 2.33. The van der Waals surface area contributed by atoms with Gasteiger partial charge in [-0.2, -0.15) is 4.98 Å². The van der Waals surface area contributed by atoms with E-state index in [4.69, 9.17) is 15.2 Å². The van der Waals surface area contributed by atoms with Crippen molar-refractivity contribution < 1.29 is 28.2 Å². The van der Waals surface area contributed by atoms with Crippen molar-refractivity contribution in [2.24, 2.45) is 11.1 Å². The van der Waals surface area contributed by atoms with Crippen LogP contribution in [0.3, 0.4) is 0 Å². The van der Waals surface area contributed by atoms with E-state index in [0.29, 0.717) is 12.6 Å². The van der Waals surface area contributed by atoms with Crippen molar-refractivity contribution >= 4 is 5.97 Å². The second kappa shape index (κ2) is 9.54. The third kappa shape index (κ3) is 5.84. The van der Waals surface area contributed by atoms with Gasteiger partial charge >= 0.3 is 5.97 Å². The van der Waals surface area contributed by atoms with Crippen LogP contribution in [0.25, 0.3) is 11.1 Å². The minimum Gasteiger partial charge on any atom is -0.478 e. The normalized spacial score (nSPS) is 12.3. The van der Waals surface area contributed by atoms with E-state index >= 15 is 0 Å². The maximum atomic E-state index is 14.5. The number of ether oxygens (including phenoxy) is 2. The molecule has 0 amide bonds. The van der Waals surface area contributed by atoms with Gasteiger partial charge in [0.25, 0.3) is 11.8 Å². The lowest BCUT2D eigenvalue weighted by Gasteiger charge is -2.27. The Hall–Kier alpha value is -3.52. The van der Waals surface area contributed by atoms with Crippen molar-refractivity contribution in [2.45, 2.75) is 40.3 Å². The summed E-state index contributed by atoms with van der Waals surface area (Å²) in [4.78, 5) is 15.4. The number of halogens is 2. The summed E-state index contributed by atoms with van der Waals surface area (Å²) in [5, 5.41) is 9.44. The topological polar surface area (TPSA) is 94.7 Å². The van der Waals surface area contributed by atoms with Gasteiger partial charge in [-0.1, -0.05) is 45.0 Å². The summed E-state index contributed by atoms with van der Waals surface area (Å²) in [5.41, 5.74) is 8.38. The summed E-state index contributed by atoms with van der Waals surface area (Å²) in [6, 6.07) is 13.5. The lowest BCUT2D eigenvalue weighted by atomic mass is 9.89. The van der Waals surface area contributed by atoms with Crippen LogP contribution >= 0.6 is 0 Å². The molecule has 1 atom stereocenters. The van der Waals surface area contributed by atoms with Gasteiger partial charge in [0.2, 0.25) is 6.10 Å². The van der Waals surface area contributed by atoms with Crippen LogP contribution in [0.15, 0.2) is 48.5 Å². The summed E-state index contributed by atoms with van der Waals surface area (Å²) < 4.78 is 39.7. The number of benzene rings is 2. The first kappa shape index (κ1) is 24.1. The lowest BCUT2D eigenvalue weighted by Crippen LogP contribution is -2.39. The molecule has 174 valence electrons. The number of pyridine rings is 1. The largest absolute Gasteiger partial charge is 0.478 e. The zero-order chi connectivity index (χ0) is 24.3. The Kier molecular flexibility index (Phi) is 6.98. The fraction of sp³-hybridized carbons (Fsp3) is 0.280. The fourth-order valence-corrected chi connectivity index (χ4v) is 3.26. The molecule has 0 fully saturated rings. The zero-order valence-electron chi connectivity index (χ0n) is 18.9. The number of carboxylic acid groups (broad SMARTS) is 1. The summed E-state index contributed by atoms with van der Waals surface area (Å²) in [7, 11) is 0. The van der Waals surface area contributed by atoms with Gasteiger partial charge in [-0.25, -0.2) is 13.6 Å². The number of carbonyl (C=O) groups is 1. The molecule has 0 bridgehead atoms. The molecule has 2 aromatic carbocycles. The van der Waals surface area contributed by atoms with E-state index in [1.54, 1.807) is 32.9 Å². The van der Waals surface area contributed by atoms with E-state index < -0.39 is 40.9 Å². The molecule has 3 rings (SSSR count). The van der Waals surface area contributed by atoms with Gasteiger partial charge in [0.15, 0.2) is 11.6 Å². The van der Waals surface area contributed by atoms with Crippen LogP contribution in [-0.4, -0.2) is 22.2 Å². The zero-order valence-corrected chi connectivity index (χ0v) is 18.9. The predicted octanol–water partition coefficient (Wildman–Crippen LogP) is 5.46. The first-order valence-corrected chi connectivity index (χ1v) is 10.3. The van der Waals surface area contributed by atoms with Crippen molar-refractivity contribution in [3.63, 3.8) is 0 Å². The Labute approximate surface area is 191 Å². The van der Waals surface area contributed by atoms with Crippen LogP contribution in [0.1, 0.15) is 31.9 Å².